The van der Waals surface area contributed by atoms with E-state index < -0.39 is 35.6 Å². The average Bonchev–Trinajstić information content (AvgIpc) is 3.41. The summed E-state index contributed by atoms with van der Waals surface area (Å²) in [6.07, 6.45) is 0.954. The van der Waals surface area contributed by atoms with Crippen LogP contribution in [-0.4, -0.2) is 89.6 Å². The lowest BCUT2D eigenvalue weighted by Crippen LogP contribution is -2.50. The van der Waals surface area contributed by atoms with Gasteiger partial charge in [0.25, 0.3) is 0 Å². The SMILES string of the molecule is CC(C)OC(=O)N1CCC(COc2ccc(-c3ccc(C[C@H](NC(=O)OC(C)(C)C)C(=O)N4CC[C@H](F)C4)c(F)c3)nc2)CC1. The van der Waals surface area contributed by atoms with Gasteiger partial charge in [-0.2, -0.15) is 0 Å². The molecular weight excluding hydrogens is 586 g/mol. The van der Waals surface area contributed by atoms with Crippen LogP contribution in [0, 0.1) is 11.7 Å². The molecule has 0 saturated carbocycles. The quantitative estimate of drug-likeness (QED) is 0.388. The molecule has 0 bridgehead atoms. The van der Waals surface area contributed by atoms with Gasteiger partial charge in [0.05, 0.1) is 31.1 Å². The standard InChI is InChI=1S/C33H44F2N4O6/c1-21(2)44-32(42)38-13-10-22(11-14-38)20-43-26-8-9-28(36-18-26)24-7-6-23(27(35)16-24)17-29(37-31(41)45-33(3,4)5)30(40)39-15-12-25(34)19-39/h6-9,16,18,21-22,25,29H,10-15,17,19-20H2,1-5H3,(H,37,41)/t25-,29-/m0/s1. The molecule has 2 aliphatic rings. The van der Waals surface area contributed by atoms with Gasteiger partial charge in [-0.3, -0.25) is 9.78 Å². The number of benzene rings is 1. The summed E-state index contributed by atoms with van der Waals surface area (Å²) in [6.45, 7) is 10.7. The minimum absolute atomic E-state index is 0.0632. The van der Waals surface area contributed by atoms with Crippen molar-refractivity contribution in [1.29, 1.82) is 0 Å². The minimum atomic E-state index is -1.13. The Kier molecular flexibility index (Phi) is 11.2. The summed E-state index contributed by atoms with van der Waals surface area (Å²) in [6, 6.07) is 6.98. The first-order valence-corrected chi connectivity index (χ1v) is 15.5. The van der Waals surface area contributed by atoms with Gasteiger partial charge in [0, 0.05) is 31.6 Å². The van der Waals surface area contributed by atoms with Crippen LogP contribution in [0.4, 0.5) is 18.4 Å². The molecule has 2 atom stereocenters. The number of rotatable bonds is 9. The number of hydrogen-bond acceptors (Lipinski definition) is 7. The topological polar surface area (TPSA) is 110 Å². The van der Waals surface area contributed by atoms with Crippen LogP contribution in [0.2, 0.25) is 0 Å². The van der Waals surface area contributed by atoms with E-state index in [2.05, 4.69) is 10.3 Å². The molecule has 3 amide bonds. The Morgan fingerprint density at radius 3 is 2.33 bits per heavy atom. The highest BCUT2D eigenvalue weighted by atomic mass is 19.1. The number of carbonyl (C=O) groups is 3. The number of alkyl halides is 1. The smallest absolute Gasteiger partial charge is 0.410 e. The number of amides is 3. The summed E-state index contributed by atoms with van der Waals surface area (Å²) in [4.78, 5) is 45.3. The minimum Gasteiger partial charge on any atom is -0.492 e. The molecule has 0 radical (unpaired) electrons. The zero-order valence-electron chi connectivity index (χ0n) is 26.7. The molecule has 0 spiro atoms. The maximum atomic E-state index is 15.3. The van der Waals surface area contributed by atoms with Gasteiger partial charge in [-0.1, -0.05) is 12.1 Å². The normalized spacial score (nSPS) is 18.1. The lowest BCUT2D eigenvalue weighted by Gasteiger charge is -2.31. The predicted molar refractivity (Wildman–Crippen MR) is 164 cm³/mol. The number of nitrogens with one attached hydrogen (secondary N) is 1. The van der Waals surface area contributed by atoms with E-state index in [1.165, 1.54) is 11.0 Å². The molecule has 0 unspecified atom stereocenters. The van der Waals surface area contributed by atoms with E-state index in [1.54, 1.807) is 56.1 Å². The predicted octanol–water partition coefficient (Wildman–Crippen LogP) is 5.53. The third kappa shape index (κ3) is 10.0. The van der Waals surface area contributed by atoms with Gasteiger partial charge < -0.3 is 29.3 Å². The number of alkyl carbamates (subject to hydrolysis) is 1. The summed E-state index contributed by atoms with van der Waals surface area (Å²) in [5, 5.41) is 2.55. The molecule has 45 heavy (non-hydrogen) atoms. The molecule has 2 aliphatic heterocycles. The third-order valence-corrected chi connectivity index (χ3v) is 7.64. The first-order chi connectivity index (χ1) is 21.3. The highest BCUT2D eigenvalue weighted by Gasteiger charge is 2.33. The van der Waals surface area contributed by atoms with Crippen LogP contribution in [0.15, 0.2) is 36.5 Å². The summed E-state index contributed by atoms with van der Waals surface area (Å²) >= 11 is 0. The van der Waals surface area contributed by atoms with Crippen LogP contribution in [0.3, 0.4) is 0 Å². The third-order valence-electron chi connectivity index (χ3n) is 7.64. The Balaban J connectivity index is 1.35. The summed E-state index contributed by atoms with van der Waals surface area (Å²) in [5.41, 5.74) is 0.493. The van der Waals surface area contributed by atoms with Crippen molar-refractivity contribution in [1.82, 2.24) is 20.1 Å². The first-order valence-electron chi connectivity index (χ1n) is 15.5. The van der Waals surface area contributed by atoms with E-state index in [9.17, 15) is 18.8 Å². The maximum Gasteiger partial charge on any atom is 0.410 e. The molecule has 1 N–H and O–H groups in total. The van der Waals surface area contributed by atoms with Gasteiger partial charge in [0.2, 0.25) is 5.91 Å². The van der Waals surface area contributed by atoms with Crippen molar-refractivity contribution in [2.24, 2.45) is 5.92 Å². The van der Waals surface area contributed by atoms with Crippen LogP contribution in [0.1, 0.15) is 59.4 Å². The molecule has 2 saturated heterocycles. The fourth-order valence-corrected chi connectivity index (χ4v) is 5.29. The van der Waals surface area contributed by atoms with Gasteiger partial charge >= 0.3 is 12.2 Å². The Morgan fingerprint density at radius 2 is 1.76 bits per heavy atom. The van der Waals surface area contributed by atoms with Crippen molar-refractivity contribution >= 4 is 18.1 Å². The lowest BCUT2D eigenvalue weighted by atomic mass is 9.98. The number of aromatic nitrogens is 1. The van der Waals surface area contributed by atoms with Crippen LogP contribution in [0.5, 0.6) is 5.75 Å². The molecule has 3 heterocycles. The summed E-state index contributed by atoms with van der Waals surface area (Å²) in [5.74, 6) is -0.156. The number of carbonyl (C=O) groups excluding carboxylic acids is 3. The number of pyridine rings is 1. The van der Waals surface area contributed by atoms with Gasteiger partial charge in [-0.05, 0) is 83.6 Å². The monoisotopic (exact) mass is 630 g/mol. The number of hydrogen-bond donors (Lipinski definition) is 1. The van der Waals surface area contributed by atoms with Gasteiger partial charge in [0.1, 0.15) is 29.4 Å². The van der Waals surface area contributed by atoms with E-state index in [1.807, 2.05) is 13.8 Å². The molecule has 1 aromatic heterocycles. The van der Waals surface area contributed by atoms with Crippen molar-refractivity contribution in [3.63, 3.8) is 0 Å². The molecular formula is C33H44F2N4O6. The number of likely N-dealkylation sites (tertiary alicyclic amines) is 2. The molecule has 2 fully saturated rings. The van der Waals surface area contributed by atoms with Crippen LogP contribution < -0.4 is 10.1 Å². The Hall–Kier alpha value is -3.96. The zero-order valence-corrected chi connectivity index (χ0v) is 26.7. The van der Waals surface area contributed by atoms with E-state index in [-0.39, 0.29) is 43.7 Å². The summed E-state index contributed by atoms with van der Waals surface area (Å²) < 4.78 is 45.7. The second kappa shape index (κ2) is 14.9. The fourth-order valence-electron chi connectivity index (χ4n) is 5.29. The first kappa shape index (κ1) is 33.9. The molecule has 10 nitrogen and oxygen atoms in total. The van der Waals surface area contributed by atoms with Crippen molar-refractivity contribution in [3.8, 4) is 17.0 Å². The van der Waals surface area contributed by atoms with Crippen molar-refractivity contribution < 1.29 is 37.4 Å². The Morgan fingerprint density at radius 1 is 1.04 bits per heavy atom. The molecule has 4 rings (SSSR count). The Labute approximate surface area is 263 Å². The second-order valence-electron chi connectivity index (χ2n) is 12.9. The molecule has 246 valence electrons. The van der Waals surface area contributed by atoms with E-state index >= 15 is 4.39 Å². The number of ether oxygens (including phenoxy) is 3. The highest BCUT2D eigenvalue weighted by molar-refractivity contribution is 5.86. The number of halogens is 2. The molecule has 12 heteroatoms. The van der Waals surface area contributed by atoms with E-state index in [4.69, 9.17) is 14.2 Å². The molecule has 2 aromatic rings. The highest BCUT2D eigenvalue weighted by Crippen LogP contribution is 2.25. The zero-order chi connectivity index (χ0) is 32.7. The van der Waals surface area contributed by atoms with Crippen LogP contribution >= 0.6 is 0 Å². The fraction of sp³-hybridized carbons (Fsp3) is 0.576. The number of piperidine rings is 1. The van der Waals surface area contributed by atoms with Crippen LogP contribution in [0.25, 0.3) is 11.3 Å². The Bertz CT molecular complexity index is 1330. The van der Waals surface area contributed by atoms with E-state index in [0.29, 0.717) is 42.6 Å². The van der Waals surface area contributed by atoms with Gasteiger partial charge in [-0.25, -0.2) is 18.4 Å². The molecule has 0 aliphatic carbocycles. The second-order valence-corrected chi connectivity index (χ2v) is 12.9. The lowest BCUT2D eigenvalue weighted by molar-refractivity contribution is -0.132. The van der Waals surface area contributed by atoms with Crippen molar-refractivity contribution in [2.75, 3.05) is 32.8 Å². The van der Waals surface area contributed by atoms with Gasteiger partial charge in [0.15, 0.2) is 0 Å². The average molecular weight is 631 g/mol. The largest absolute Gasteiger partial charge is 0.492 e. The van der Waals surface area contributed by atoms with Gasteiger partial charge in [-0.15, -0.1) is 0 Å². The van der Waals surface area contributed by atoms with Crippen molar-refractivity contribution in [3.05, 3.63) is 47.9 Å². The summed E-state index contributed by atoms with van der Waals surface area (Å²) in [7, 11) is 0. The maximum absolute atomic E-state index is 15.3. The molecule has 1 aromatic carbocycles. The van der Waals surface area contributed by atoms with Crippen molar-refractivity contribution in [2.45, 2.75) is 84.2 Å². The van der Waals surface area contributed by atoms with E-state index in [0.717, 1.165) is 12.8 Å². The number of nitrogens with zero attached hydrogens (tertiary/aromatic N) is 3. The van der Waals surface area contributed by atoms with Crippen LogP contribution in [-0.2, 0) is 20.7 Å².